The van der Waals surface area contributed by atoms with Crippen LogP contribution in [-0.2, 0) is 0 Å². The molecule has 0 radical (unpaired) electrons. The standard InChI is InChI=1S/C13H8BrClFN5/c14-11-7(3-1-5-9(11)17)13-18-19-20-21(13)10-6-2-4-8(15)12(10)16/h1-6H,17H2. The van der Waals surface area contributed by atoms with Gasteiger partial charge in [-0.2, -0.15) is 4.68 Å². The molecular formula is C13H8BrClFN5. The molecule has 2 aromatic carbocycles. The Kier molecular flexibility index (Phi) is 3.60. The van der Waals surface area contributed by atoms with Gasteiger partial charge in [-0.25, -0.2) is 4.39 Å². The van der Waals surface area contributed by atoms with Crippen LogP contribution in [0.5, 0.6) is 0 Å². The smallest absolute Gasteiger partial charge is 0.188 e. The molecular weight excluding hydrogens is 361 g/mol. The van der Waals surface area contributed by atoms with Crippen LogP contribution in [0.25, 0.3) is 17.1 Å². The van der Waals surface area contributed by atoms with E-state index in [9.17, 15) is 4.39 Å². The van der Waals surface area contributed by atoms with E-state index in [4.69, 9.17) is 17.3 Å². The summed E-state index contributed by atoms with van der Waals surface area (Å²) in [7, 11) is 0. The van der Waals surface area contributed by atoms with Crippen molar-refractivity contribution in [2.24, 2.45) is 0 Å². The number of nitrogens with two attached hydrogens (primary N) is 1. The van der Waals surface area contributed by atoms with Gasteiger partial charge in [0, 0.05) is 11.3 Å². The number of benzene rings is 2. The number of nitrogen functional groups attached to an aromatic ring is 1. The second-order valence-electron chi connectivity index (χ2n) is 4.20. The average molecular weight is 369 g/mol. The van der Waals surface area contributed by atoms with E-state index < -0.39 is 5.82 Å². The van der Waals surface area contributed by atoms with E-state index in [1.54, 1.807) is 30.3 Å². The van der Waals surface area contributed by atoms with Crippen LogP contribution in [0.1, 0.15) is 0 Å². The molecule has 0 unspecified atom stereocenters. The van der Waals surface area contributed by atoms with Gasteiger partial charge in [-0.1, -0.05) is 23.7 Å². The van der Waals surface area contributed by atoms with Crippen molar-refractivity contribution in [3.8, 4) is 17.1 Å². The molecule has 0 fully saturated rings. The predicted molar refractivity (Wildman–Crippen MR) is 81.7 cm³/mol. The van der Waals surface area contributed by atoms with Crippen molar-refractivity contribution in [1.82, 2.24) is 20.2 Å². The fourth-order valence-electron chi connectivity index (χ4n) is 1.90. The molecule has 8 heteroatoms. The van der Waals surface area contributed by atoms with E-state index in [0.29, 0.717) is 21.5 Å². The van der Waals surface area contributed by atoms with Gasteiger partial charge < -0.3 is 5.73 Å². The Morgan fingerprint density at radius 1 is 1.19 bits per heavy atom. The van der Waals surface area contributed by atoms with E-state index in [-0.39, 0.29) is 10.7 Å². The Hall–Kier alpha value is -1.99. The zero-order chi connectivity index (χ0) is 15.0. The zero-order valence-electron chi connectivity index (χ0n) is 10.5. The quantitative estimate of drug-likeness (QED) is 0.703. The topological polar surface area (TPSA) is 69.6 Å². The van der Waals surface area contributed by atoms with Crippen LogP contribution in [0, 0.1) is 5.82 Å². The van der Waals surface area contributed by atoms with Crippen LogP contribution in [-0.4, -0.2) is 20.2 Å². The van der Waals surface area contributed by atoms with Crippen LogP contribution in [0.4, 0.5) is 10.1 Å². The first-order valence-electron chi connectivity index (χ1n) is 5.86. The lowest BCUT2D eigenvalue weighted by molar-refractivity contribution is 0.608. The number of rotatable bonds is 2. The van der Waals surface area contributed by atoms with Crippen LogP contribution >= 0.6 is 27.5 Å². The maximum atomic E-state index is 14.2. The Morgan fingerprint density at radius 3 is 2.76 bits per heavy atom. The molecule has 1 heterocycles. The summed E-state index contributed by atoms with van der Waals surface area (Å²) >= 11 is 9.19. The number of aromatic nitrogens is 4. The SMILES string of the molecule is Nc1cccc(-c2nnnn2-c2cccc(Cl)c2F)c1Br. The fraction of sp³-hybridized carbons (Fsp3) is 0. The van der Waals surface area contributed by atoms with E-state index in [0.717, 1.165) is 0 Å². The van der Waals surface area contributed by atoms with Gasteiger partial charge in [0.1, 0.15) is 5.69 Å². The van der Waals surface area contributed by atoms with Crippen LogP contribution in [0.2, 0.25) is 5.02 Å². The van der Waals surface area contributed by atoms with E-state index in [1.807, 2.05) is 0 Å². The number of hydrogen-bond acceptors (Lipinski definition) is 4. The lowest BCUT2D eigenvalue weighted by Crippen LogP contribution is -2.03. The van der Waals surface area contributed by atoms with Gasteiger partial charge in [0.25, 0.3) is 0 Å². The number of nitrogens with zero attached hydrogens (tertiary/aromatic N) is 4. The molecule has 0 aliphatic carbocycles. The van der Waals surface area contributed by atoms with Gasteiger partial charge in [-0.05, 0) is 50.6 Å². The van der Waals surface area contributed by atoms with Gasteiger partial charge in [-0.3, -0.25) is 0 Å². The summed E-state index contributed by atoms with van der Waals surface area (Å²) in [4.78, 5) is 0. The molecule has 0 aliphatic rings. The van der Waals surface area contributed by atoms with E-state index in [1.165, 1.54) is 10.7 Å². The normalized spacial score (nSPS) is 10.8. The minimum absolute atomic E-state index is 0.000547. The molecule has 106 valence electrons. The Balaban J connectivity index is 2.22. The maximum Gasteiger partial charge on any atom is 0.188 e. The summed E-state index contributed by atoms with van der Waals surface area (Å²) in [5.41, 5.74) is 7.20. The first-order chi connectivity index (χ1) is 10.1. The minimum Gasteiger partial charge on any atom is -0.398 e. The van der Waals surface area contributed by atoms with Gasteiger partial charge >= 0.3 is 0 Å². The maximum absolute atomic E-state index is 14.2. The average Bonchev–Trinajstić information content (AvgIpc) is 2.94. The number of anilines is 1. The Morgan fingerprint density at radius 2 is 1.95 bits per heavy atom. The summed E-state index contributed by atoms with van der Waals surface area (Å²) in [6.45, 7) is 0. The largest absolute Gasteiger partial charge is 0.398 e. The lowest BCUT2D eigenvalue weighted by Gasteiger charge is -2.09. The Labute approximate surface area is 132 Å². The molecule has 2 N–H and O–H groups in total. The van der Waals surface area contributed by atoms with E-state index >= 15 is 0 Å². The van der Waals surface area contributed by atoms with Crippen molar-refractivity contribution in [2.75, 3.05) is 5.73 Å². The number of tetrazole rings is 1. The van der Waals surface area contributed by atoms with Crippen molar-refractivity contribution >= 4 is 33.2 Å². The molecule has 5 nitrogen and oxygen atoms in total. The second kappa shape index (κ2) is 5.42. The molecule has 0 saturated heterocycles. The van der Waals surface area contributed by atoms with E-state index in [2.05, 4.69) is 31.5 Å². The van der Waals surface area contributed by atoms with Gasteiger partial charge in [0.2, 0.25) is 0 Å². The highest BCUT2D eigenvalue weighted by Crippen LogP contribution is 2.32. The zero-order valence-corrected chi connectivity index (χ0v) is 12.8. The van der Waals surface area contributed by atoms with Crippen molar-refractivity contribution in [1.29, 1.82) is 0 Å². The molecule has 0 spiro atoms. The first-order valence-corrected chi connectivity index (χ1v) is 7.04. The summed E-state index contributed by atoms with van der Waals surface area (Å²) in [6, 6.07) is 9.91. The van der Waals surface area contributed by atoms with Crippen LogP contribution in [0.15, 0.2) is 40.9 Å². The van der Waals surface area contributed by atoms with Crippen molar-refractivity contribution < 1.29 is 4.39 Å². The molecule has 3 aromatic rings. The second-order valence-corrected chi connectivity index (χ2v) is 5.40. The third-order valence-electron chi connectivity index (χ3n) is 2.90. The molecule has 0 atom stereocenters. The fourth-order valence-corrected chi connectivity index (χ4v) is 2.51. The molecule has 21 heavy (non-hydrogen) atoms. The summed E-state index contributed by atoms with van der Waals surface area (Å²) < 4.78 is 16.1. The monoisotopic (exact) mass is 367 g/mol. The highest BCUT2D eigenvalue weighted by Gasteiger charge is 2.18. The van der Waals surface area contributed by atoms with Crippen LogP contribution in [0.3, 0.4) is 0 Å². The lowest BCUT2D eigenvalue weighted by atomic mass is 10.2. The Bertz CT molecular complexity index is 754. The van der Waals surface area contributed by atoms with Gasteiger partial charge in [0.15, 0.2) is 11.6 Å². The predicted octanol–water partition coefficient (Wildman–Crippen LogP) is 3.47. The highest BCUT2D eigenvalue weighted by molar-refractivity contribution is 9.10. The first kappa shape index (κ1) is 14.0. The number of hydrogen-bond donors (Lipinski definition) is 1. The summed E-state index contributed by atoms with van der Waals surface area (Å²) in [6.07, 6.45) is 0. The molecule has 1 aromatic heterocycles. The molecule has 0 amide bonds. The third kappa shape index (κ3) is 2.38. The molecule has 3 rings (SSSR count). The molecule has 0 aliphatic heterocycles. The summed E-state index contributed by atoms with van der Waals surface area (Å²) in [5.74, 6) is -0.233. The van der Waals surface area contributed by atoms with Crippen molar-refractivity contribution in [3.63, 3.8) is 0 Å². The molecule has 0 saturated carbocycles. The highest BCUT2D eigenvalue weighted by atomic mass is 79.9. The minimum atomic E-state index is -0.590. The van der Waals surface area contributed by atoms with Gasteiger partial charge in [0.05, 0.1) is 9.50 Å². The molecule has 0 bridgehead atoms. The van der Waals surface area contributed by atoms with Crippen LogP contribution < -0.4 is 5.73 Å². The number of halogens is 3. The van der Waals surface area contributed by atoms with Crippen molar-refractivity contribution in [2.45, 2.75) is 0 Å². The van der Waals surface area contributed by atoms with Gasteiger partial charge in [-0.15, -0.1) is 5.10 Å². The van der Waals surface area contributed by atoms with Crippen molar-refractivity contribution in [3.05, 3.63) is 51.7 Å². The summed E-state index contributed by atoms with van der Waals surface area (Å²) in [5, 5.41) is 11.4. The third-order valence-corrected chi connectivity index (χ3v) is 4.08.